The maximum Gasteiger partial charge on any atom is 0.171 e. The highest BCUT2D eigenvalue weighted by atomic mass is 16.5. The van der Waals surface area contributed by atoms with E-state index in [0.717, 1.165) is 16.8 Å². The number of ether oxygens (including phenoxy) is 2. The Kier molecular flexibility index (Phi) is 3.55. The Morgan fingerprint density at radius 3 is 2.37 bits per heavy atom. The summed E-state index contributed by atoms with van der Waals surface area (Å²) in [6.07, 6.45) is 0. The number of methoxy groups -OCH3 is 2. The van der Waals surface area contributed by atoms with Gasteiger partial charge in [0.2, 0.25) is 0 Å². The fourth-order valence-corrected chi connectivity index (χ4v) is 1.83. The second-order valence-electron chi connectivity index (χ2n) is 4.18. The van der Waals surface area contributed by atoms with Crippen LogP contribution in [0.2, 0.25) is 0 Å². The fourth-order valence-electron chi connectivity index (χ4n) is 1.83. The van der Waals surface area contributed by atoms with Crippen LogP contribution < -0.4 is 15.2 Å². The van der Waals surface area contributed by atoms with Crippen LogP contribution in [0.3, 0.4) is 0 Å². The van der Waals surface area contributed by atoms with E-state index in [1.54, 1.807) is 14.2 Å². The Bertz CT molecular complexity index is 589. The second kappa shape index (κ2) is 5.14. The van der Waals surface area contributed by atoms with Gasteiger partial charge in [0.05, 0.1) is 19.8 Å². The summed E-state index contributed by atoms with van der Waals surface area (Å²) in [7, 11) is 3.18. The lowest BCUT2D eigenvalue weighted by atomic mass is 10.1. The number of benzene rings is 1. The van der Waals surface area contributed by atoms with Crippen LogP contribution in [-0.4, -0.2) is 24.2 Å². The van der Waals surface area contributed by atoms with Gasteiger partial charge in [0.25, 0.3) is 0 Å². The van der Waals surface area contributed by atoms with Crippen LogP contribution in [-0.2, 0) is 0 Å². The lowest BCUT2D eigenvalue weighted by Crippen LogP contribution is -2.03. The van der Waals surface area contributed by atoms with E-state index in [4.69, 9.17) is 15.2 Å². The van der Waals surface area contributed by atoms with Crippen molar-refractivity contribution < 1.29 is 9.47 Å². The smallest absolute Gasteiger partial charge is 0.171 e. The summed E-state index contributed by atoms with van der Waals surface area (Å²) in [5.74, 6) is 2.26. The van der Waals surface area contributed by atoms with E-state index in [1.165, 1.54) is 0 Å². The number of rotatable bonds is 3. The maximum atomic E-state index is 5.90. The minimum atomic E-state index is 0.479. The summed E-state index contributed by atoms with van der Waals surface area (Å²) in [6, 6.07) is 5.57. The predicted octanol–water partition coefficient (Wildman–Crippen LogP) is 2.36. The zero-order valence-electron chi connectivity index (χ0n) is 11.5. The van der Waals surface area contributed by atoms with E-state index in [2.05, 4.69) is 9.97 Å². The molecule has 2 N–H and O–H groups in total. The number of aryl methyl sites for hydroxylation is 1. The van der Waals surface area contributed by atoms with E-state index in [-0.39, 0.29) is 0 Å². The van der Waals surface area contributed by atoms with Crippen molar-refractivity contribution >= 4 is 5.82 Å². The lowest BCUT2D eigenvalue weighted by molar-refractivity contribution is 0.356. The Hall–Kier alpha value is -2.30. The van der Waals surface area contributed by atoms with Crippen LogP contribution in [0.4, 0.5) is 5.82 Å². The molecule has 19 heavy (non-hydrogen) atoms. The van der Waals surface area contributed by atoms with Gasteiger partial charge in [-0.3, -0.25) is 0 Å². The first-order chi connectivity index (χ1) is 9.08. The van der Waals surface area contributed by atoms with Gasteiger partial charge in [0.1, 0.15) is 5.82 Å². The van der Waals surface area contributed by atoms with E-state index >= 15 is 0 Å². The van der Waals surface area contributed by atoms with Gasteiger partial charge < -0.3 is 15.2 Å². The molecule has 2 aromatic rings. The molecule has 0 saturated carbocycles. The minimum absolute atomic E-state index is 0.479. The highest BCUT2D eigenvalue weighted by molar-refractivity contribution is 5.70. The van der Waals surface area contributed by atoms with Crippen molar-refractivity contribution in [3.63, 3.8) is 0 Å². The fraction of sp³-hybridized carbons (Fsp3) is 0.286. The molecule has 2 rings (SSSR count). The third kappa shape index (κ3) is 2.31. The van der Waals surface area contributed by atoms with Crippen molar-refractivity contribution in [2.24, 2.45) is 0 Å². The average molecular weight is 259 g/mol. The van der Waals surface area contributed by atoms with Gasteiger partial charge in [-0.1, -0.05) is 6.07 Å². The monoisotopic (exact) mass is 259 g/mol. The zero-order valence-corrected chi connectivity index (χ0v) is 11.5. The molecule has 0 radical (unpaired) electrons. The van der Waals surface area contributed by atoms with Crippen LogP contribution in [0.15, 0.2) is 18.2 Å². The molecule has 0 aliphatic carbocycles. The number of nitrogens with two attached hydrogens (primary N) is 1. The third-order valence-electron chi connectivity index (χ3n) is 3.07. The summed E-state index contributed by atoms with van der Waals surface area (Å²) in [5.41, 5.74) is 8.41. The summed E-state index contributed by atoms with van der Waals surface area (Å²) < 4.78 is 10.7. The summed E-state index contributed by atoms with van der Waals surface area (Å²) in [5, 5.41) is 0. The zero-order chi connectivity index (χ0) is 14.0. The number of anilines is 1. The molecular formula is C14H17N3O2. The van der Waals surface area contributed by atoms with Gasteiger partial charge in [-0.2, -0.15) is 0 Å². The van der Waals surface area contributed by atoms with Crippen LogP contribution in [0.1, 0.15) is 11.3 Å². The first-order valence-corrected chi connectivity index (χ1v) is 5.90. The molecular weight excluding hydrogens is 242 g/mol. The number of nitrogens with zero attached hydrogens (tertiary/aromatic N) is 2. The van der Waals surface area contributed by atoms with E-state index in [9.17, 15) is 0 Å². The molecule has 0 unspecified atom stereocenters. The Morgan fingerprint density at radius 2 is 1.79 bits per heavy atom. The normalized spacial score (nSPS) is 10.3. The van der Waals surface area contributed by atoms with Gasteiger partial charge >= 0.3 is 0 Å². The van der Waals surface area contributed by atoms with Crippen LogP contribution in [0, 0.1) is 13.8 Å². The van der Waals surface area contributed by atoms with Crippen molar-refractivity contribution in [1.82, 2.24) is 9.97 Å². The van der Waals surface area contributed by atoms with Crippen molar-refractivity contribution in [3.05, 3.63) is 29.5 Å². The molecule has 5 nitrogen and oxygen atoms in total. The van der Waals surface area contributed by atoms with Gasteiger partial charge in [-0.15, -0.1) is 0 Å². The van der Waals surface area contributed by atoms with Crippen molar-refractivity contribution in [2.45, 2.75) is 13.8 Å². The maximum absolute atomic E-state index is 5.90. The molecule has 100 valence electrons. The molecule has 0 saturated heterocycles. The molecule has 0 atom stereocenters. The summed E-state index contributed by atoms with van der Waals surface area (Å²) in [4.78, 5) is 8.78. The summed E-state index contributed by atoms with van der Waals surface area (Å²) in [6.45, 7) is 3.81. The number of para-hydroxylation sites is 1. The Labute approximate surface area is 112 Å². The summed E-state index contributed by atoms with van der Waals surface area (Å²) >= 11 is 0. The van der Waals surface area contributed by atoms with Crippen molar-refractivity contribution in [2.75, 3.05) is 20.0 Å². The molecule has 0 spiro atoms. The molecule has 1 heterocycles. The first-order valence-electron chi connectivity index (χ1n) is 5.90. The minimum Gasteiger partial charge on any atom is -0.493 e. The largest absolute Gasteiger partial charge is 0.493 e. The van der Waals surface area contributed by atoms with Gasteiger partial charge in [0, 0.05) is 11.3 Å². The van der Waals surface area contributed by atoms with Crippen LogP contribution in [0.5, 0.6) is 11.5 Å². The number of hydrogen-bond donors (Lipinski definition) is 1. The van der Waals surface area contributed by atoms with E-state index in [1.807, 2.05) is 32.0 Å². The number of aromatic nitrogens is 2. The highest BCUT2D eigenvalue weighted by Crippen LogP contribution is 2.36. The van der Waals surface area contributed by atoms with Crippen LogP contribution >= 0.6 is 0 Å². The average Bonchev–Trinajstić information content (AvgIpc) is 2.43. The topological polar surface area (TPSA) is 70.3 Å². The van der Waals surface area contributed by atoms with Gasteiger partial charge in [-0.05, 0) is 26.0 Å². The van der Waals surface area contributed by atoms with Gasteiger partial charge in [0.15, 0.2) is 17.3 Å². The lowest BCUT2D eigenvalue weighted by Gasteiger charge is -2.13. The van der Waals surface area contributed by atoms with E-state index in [0.29, 0.717) is 23.1 Å². The van der Waals surface area contributed by atoms with Gasteiger partial charge in [-0.25, -0.2) is 9.97 Å². The SMILES string of the molecule is COc1cccc(-c2nc(C)c(C)c(N)n2)c1OC. The number of hydrogen-bond acceptors (Lipinski definition) is 5. The standard InChI is InChI=1S/C14H17N3O2/c1-8-9(2)16-14(17-13(8)15)10-6-5-7-11(18-3)12(10)19-4/h5-7H,1-4H3,(H2,15,16,17). The molecule has 5 heteroatoms. The molecule has 0 fully saturated rings. The second-order valence-corrected chi connectivity index (χ2v) is 4.18. The van der Waals surface area contributed by atoms with Crippen molar-refractivity contribution in [1.29, 1.82) is 0 Å². The van der Waals surface area contributed by atoms with Crippen molar-refractivity contribution in [3.8, 4) is 22.9 Å². The van der Waals surface area contributed by atoms with Crippen LogP contribution in [0.25, 0.3) is 11.4 Å². The molecule has 0 amide bonds. The van der Waals surface area contributed by atoms with E-state index < -0.39 is 0 Å². The highest BCUT2D eigenvalue weighted by Gasteiger charge is 2.15. The molecule has 0 aliphatic rings. The predicted molar refractivity (Wildman–Crippen MR) is 74.5 cm³/mol. The molecule has 1 aromatic heterocycles. The Morgan fingerprint density at radius 1 is 1.05 bits per heavy atom. The first kappa shape index (κ1) is 13.1. The molecule has 1 aromatic carbocycles. The third-order valence-corrected chi connectivity index (χ3v) is 3.07. The quantitative estimate of drug-likeness (QED) is 0.916. The number of nitrogen functional groups attached to an aromatic ring is 1. The Balaban J connectivity index is 2.65. The molecule has 0 aliphatic heterocycles. The molecule has 0 bridgehead atoms.